The van der Waals surface area contributed by atoms with Crippen molar-refractivity contribution in [2.75, 3.05) is 7.11 Å². The standard InChI is InChI=1S/C15H20O4/c1-10(14(16)17-4)12-13(19-15(2,3)18-12)11-8-6-5-7-9-11/h5-10,12-13H,1-4H3/t10-,12-,13+/m1/s1. The number of ether oxygens (including phenoxy) is 3. The Balaban J connectivity index is 2.27. The highest BCUT2D eigenvalue weighted by Crippen LogP contribution is 2.41. The van der Waals surface area contributed by atoms with E-state index in [1.54, 1.807) is 6.92 Å². The molecule has 0 unspecified atom stereocenters. The molecule has 1 fully saturated rings. The Labute approximate surface area is 113 Å². The van der Waals surface area contributed by atoms with Gasteiger partial charge in [-0.2, -0.15) is 0 Å². The van der Waals surface area contributed by atoms with E-state index in [9.17, 15) is 4.79 Å². The normalized spacial score (nSPS) is 26.9. The van der Waals surface area contributed by atoms with Crippen molar-refractivity contribution in [1.29, 1.82) is 0 Å². The van der Waals surface area contributed by atoms with Gasteiger partial charge in [-0.1, -0.05) is 30.3 Å². The number of hydrogen-bond acceptors (Lipinski definition) is 4. The highest BCUT2D eigenvalue weighted by Gasteiger charge is 2.46. The van der Waals surface area contributed by atoms with Gasteiger partial charge in [-0.15, -0.1) is 0 Å². The molecule has 104 valence electrons. The molecule has 0 N–H and O–H groups in total. The number of carbonyl (C=O) groups excluding carboxylic acids is 1. The lowest BCUT2D eigenvalue weighted by Crippen LogP contribution is -2.31. The van der Waals surface area contributed by atoms with Crippen molar-refractivity contribution in [3.8, 4) is 0 Å². The molecule has 2 rings (SSSR count). The molecule has 3 atom stereocenters. The first-order valence-corrected chi connectivity index (χ1v) is 6.43. The van der Waals surface area contributed by atoms with Crippen molar-refractivity contribution in [2.45, 2.75) is 38.8 Å². The molecule has 1 saturated heterocycles. The van der Waals surface area contributed by atoms with Crippen molar-refractivity contribution < 1.29 is 19.0 Å². The lowest BCUT2D eigenvalue weighted by molar-refractivity contribution is -0.161. The van der Waals surface area contributed by atoms with Crippen LogP contribution in [0.5, 0.6) is 0 Å². The van der Waals surface area contributed by atoms with Gasteiger partial charge in [0.15, 0.2) is 5.79 Å². The monoisotopic (exact) mass is 264 g/mol. The molecular weight excluding hydrogens is 244 g/mol. The Bertz CT molecular complexity index is 441. The van der Waals surface area contributed by atoms with Crippen molar-refractivity contribution >= 4 is 5.97 Å². The van der Waals surface area contributed by atoms with Crippen molar-refractivity contribution in [3.05, 3.63) is 35.9 Å². The minimum atomic E-state index is -0.701. The average Bonchev–Trinajstić information content (AvgIpc) is 2.74. The van der Waals surface area contributed by atoms with E-state index in [1.807, 2.05) is 44.2 Å². The Morgan fingerprint density at radius 1 is 1.26 bits per heavy atom. The highest BCUT2D eigenvalue weighted by molar-refractivity contribution is 5.72. The van der Waals surface area contributed by atoms with Crippen LogP contribution >= 0.6 is 0 Å². The van der Waals surface area contributed by atoms with Crippen LogP contribution in [0.2, 0.25) is 0 Å². The van der Waals surface area contributed by atoms with Crippen LogP contribution in [0.25, 0.3) is 0 Å². The molecule has 1 aliphatic rings. The maximum absolute atomic E-state index is 11.7. The first-order chi connectivity index (χ1) is 8.94. The molecule has 0 spiro atoms. The van der Waals surface area contributed by atoms with Gasteiger partial charge in [0.2, 0.25) is 0 Å². The molecular formula is C15H20O4. The molecule has 0 aromatic heterocycles. The average molecular weight is 264 g/mol. The summed E-state index contributed by atoms with van der Waals surface area (Å²) in [6, 6.07) is 9.80. The zero-order valence-electron chi connectivity index (χ0n) is 11.8. The van der Waals surface area contributed by atoms with Gasteiger partial charge < -0.3 is 14.2 Å². The first kappa shape index (κ1) is 14.0. The van der Waals surface area contributed by atoms with E-state index in [4.69, 9.17) is 14.2 Å². The van der Waals surface area contributed by atoms with Gasteiger partial charge >= 0.3 is 5.97 Å². The Kier molecular flexibility index (Phi) is 3.92. The van der Waals surface area contributed by atoms with E-state index in [0.29, 0.717) is 0 Å². The summed E-state index contributed by atoms with van der Waals surface area (Å²) < 4.78 is 16.6. The third-order valence-corrected chi connectivity index (χ3v) is 3.32. The van der Waals surface area contributed by atoms with Crippen LogP contribution in [-0.4, -0.2) is 25.0 Å². The quantitative estimate of drug-likeness (QED) is 0.787. The van der Waals surface area contributed by atoms with E-state index in [1.165, 1.54) is 7.11 Å². The lowest BCUT2D eigenvalue weighted by atomic mass is 9.95. The summed E-state index contributed by atoms with van der Waals surface area (Å²) in [5.74, 6) is -1.36. The van der Waals surface area contributed by atoms with E-state index in [-0.39, 0.29) is 24.1 Å². The number of methoxy groups -OCH3 is 1. The van der Waals surface area contributed by atoms with Crippen molar-refractivity contribution in [2.24, 2.45) is 5.92 Å². The summed E-state index contributed by atoms with van der Waals surface area (Å²) in [6.07, 6.45) is -0.602. The largest absolute Gasteiger partial charge is 0.469 e. The fraction of sp³-hybridized carbons (Fsp3) is 0.533. The summed E-state index contributed by atoms with van der Waals surface area (Å²) >= 11 is 0. The van der Waals surface area contributed by atoms with Crippen LogP contribution in [0.1, 0.15) is 32.4 Å². The van der Waals surface area contributed by atoms with Crippen LogP contribution < -0.4 is 0 Å². The number of benzene rings is 1. The van der Waals surface area contributed by atoms with Gasteiger partial charge in [-0.25, -0.2) is 0 Å². The summed E-state index contributed by atoms with van der Waals surface area (Å²) in [5.41, 5.74) is 1.01. The number of esters is 1. The minimum Gasteiger partial charge on any atom is -0.469 e. The second-order valence-electron chi connectivity index (χ2n) is 5.24. The molecule has 0 saturated carbocycles. The van der Waals surface area contributed by atoms with E-state index < -0.39 is 5.79 Å². The van der Waals surface area contributed by atoms with Crippen LogP contribution in [0, 0.1) is 5.92 Å². The third-order valence-electron chi connectivity index (χ3n) is 3.32. The van der Waals surface area contributed by atoms with Crippen LogP contribution in [0.3, 0.4) is 0 Å². The van der Waals surface area contributed by atoms with Crippen LogP contribution in [0.4, 0.5) is 0 Å². The Morgan fingerprint density at radius 3 is 2.47 bits per heavy atom. The molecule has 1 aliphatic heterocycles. The molecule has 0 aliphatic carbocycles. The highest BCUT2D eigenvalue weighted by atomic mass is 16.8. The van der Waals surface area contributed by atoms with E-state index in [0.717, 1.165) is 5.56 Å². The fourth-order valence-corrected chi connectivity index (χ4v) is 2.37. The maximum atomic E-state index is 11.7. The Morgan fingerprint density at radius 2 is 1.89 bits per heavy atom. The topological polar surface area (TPSA) is 44.8 Å². The summed E-state index contributed by atoms with van der Waals surface area (Å²) in [6.45, 7) is 5.51. The smallest absolute Gasteiger partial charge is 0.311 e. The summed E-state index contributed by atoms with van der Waals surface area (Å²) in [7, 11) is 1.39. The van der Waals surface area contributed by atoms with Gasteiger partial charge in [-0.05, 0) is 26.3 Å². The van der Waals surface area contributed by atoms with Crippen molar-refractivity contribution in [1.82, 2.24) is 0 Å². The first-order valence-electron chi connectivity index (χ1n) is 6.43. The predicted octanol–water partition coefficient (Wildman–Crippen LogP) is 2.69. The molecule has 1 aromatic carbocycles. The summed E-state index contributed by atoms with van der Waals surface area (Å²) in [4.78, 5) is 11.7. The second kappa shape index (κ2) is 5.31. The summed E-state index contributed by atoms with van der Waals surface area (Å²) in [5, 5.41) is 0. The predicted molar refractivity (Wildman–Crippen MR) is 70.4 cm³/mol. The van der Waals surface area contributed by atoms with Gasteiger partial charge in [0.1, 0.15) is 12.2 Å². The molecule has 0 amide bonds. The SMILES string of the molecule is COC(=O)[C@H](C)[C@H]1OC(C)(C)O[C@H]1c1ccccc1. The molecule has 19 heavy (non-hydrogen) atoms. The molecule has 1 aromatic rings. The zero-order chi connectivity index (χ0) is 14.0. The van der Waals surface area contributed by atoms with Crippen molar-refractivity contribution in [3.63, 3.8) is 0 Å². The molecule has 4 heteroatoms. The molecule has 0 radical (unpaired) electrons. The van der Waals surface area contributed by atoms with Crippen LogP contribution in [0.15, 0.2) is 30.3 Å². The van der Waals surface area contributed by atoms with Gasteiger partial charge in [0, 0.05) is 0 Å². The van der Waals surface area contributed by atoms with Gasteiger partial charge in [0.05, 0.1) is 13.0 Å². The van der Waals surface area contributed by atoms with Gasteiger partial charge in [0.25, 0.3) is 0 Å². The lowest BCUT2D eigenvalue weighted by Gasteiger charge is -2.21. The number of rotatable bonds is 3. The fourth-order valence-electron chi connectivity index (χ4n) is 2.37. The minimum absolute atomic E-state index is 0.259. The maximum Gasteiger partial charge on any atom is 0.311 e. The van der Waals surface area contributed by atoms with E-state index >= 15 is 0 Å². The molecule has 0 bridgehead atoms. The Hall–Kier alpha value is -1.39. The van der Waals surface area contributed by atoms with E-state index in [2.05, 4.69) is 0 Å². The third kappa shape index (κ3) is 2.96. The zero-order valence-corrected chi connectivity index (χ0v) is 11.8. The molecule has 1 heterocycles. The molecule has 4 nitrogen and oxygen atoms in total. The number of carbonyl (C=O) groups is 1. The number of hydrogen-bond donors (Lipinski definition) is 0. The van der Waals surface area contributed by atoms with Gasteiger partial charge in [-0.3, -0.25) is 4.79 Å². The second-order valence-corrected chi connectivity index (χ2v) is 5.24. The van der Waals surface area contributed by atoms with Crippen LogP contribution in [-0.2, 0) is 19.0 Å².